The third kappa shape index (κ3) is 3.89. The molecule has 0 unspecified atom stereocenters. The maximum Gasteiger partial charge on any atom is 0.241 e. The summed E-state index contributed by atoms with van der Waals surface area (Å²) in [5.41, 5.74) is 7.58. The first-order chi connectivity index (χ1) is 9.69. The average Bonchev–Trinajstić information content (AvgIpc) is 2.92. The van der Waals surface area contributed by atoms with Gasteiger partial charge in [0.25, 0.3) is 0 Å². The Morgan fingerprint density at radius 1 is 1.50 bits per heavy atom. The van der Waals surface area contributed by atoms with Crippen molar-refractivity contribution in [1.82, 2.24) is 14.8 Å². The van der Waals surface area contributed by atoms with Gasteiger partial charge in [0.2, 0.25) is 5.91 Å². The molecule has 0 aliphatic rings. The number of anilines is 1. The van der Waals surface area contributed by atoms with Crippen LogP contribution in [0.3, 0.4) is 0 Å². The van der Waals surface area contributed by atoms with Crippen LogP contribution >= 0.6 is 0 Å². The van der Waals surface area contributed by atoms with E-state index in [9.17, 15) is 4.79 Å². The molecule has 0 aliphatic carbocycles. The Bertz CT molecular complexity index is 552. The maximum atomic E-state index is 11.9. The standard InChI is InChI=1S/C14H19N5O/c1-2-4-13(15)14(20)18-12-6-3-5-11(7-12)8-19-10-16-9-17-19/h3,5-7,9-10,13H,2,4,8,15H2,1H3,(H,18,20)/t13-/m1/s1. The molecule has 106 valence electrons. The number of rotatable bonds is 6. The van der Waals surface area contributed by atoms with Crippen LogP contribution in [0.25, 0.3) is 0 Å². The van der Waals surface area contributed by atoms with Gasteiger partial charge in [-0.25, -0.2) is 9.67 Å². The lowest BCUT2D eigenvalue weighted by atomic mass is 10.1. The zero-order valence-electron chi connectivity index (χ0n) is 11.5. The van der Waals surface area contributed by atoms with Crippen molar-refractivity contribution < 1.29 is 4.79 Å². The zero-order chi connectivity index (χ0) is 14.4. The van der Waals surface area contributed by atoms with E-state index in [0.29, 0.717) is 13.0 Å². The largest absolute Gasteiger partial charge is 0.325 e. The Hall–Kier alpha value is -2.21. The van der Waals surface area contributed by atoms with E-state index in [1.165, 1.54) is 6.33 Å². The summed E-state index contributed by atoms with van der Waals surface area (Å²) >= 11 is 0. The second-order valence-corrected chi connectivity index (χ2v) is 4.68. The number of amides is 1. The lowest BCUT2D eigenvalue weighted by Crippen LogP contribution is -2.35. The van der Waals surface area contributed by atoms with E-state index >= 15 is 0 Å². The van der Waals surface area contributed by atoms with Gasteiger partial charge in [-0.15, -0.1) is 0 Å². The number of carbonyl (C=O) groups is 1. The summed E-state index contributed by atoms with van der Waals surface area (Å²) in [4.78, 5) is 15.8. The van der Waals surface area contributed by atoms with Gasteiger partial charge in [-0.1, -0.05) is 25.5 Å². The fraction of sp³-hybridized carbons (Fsp3) is 0.357. The van der Waals surface area contributed by atoms with Gasteiger partial charge in [0, 0.05) is 5.69 Å². The zero-order valence-corrected chi connectivity index (χ0v) is 11.5. The summed E-state index contributed by atoms with van der Waals surface area (Å²) in [5, 5.41) is 6.89. The van der Waals surface area contributed by atoms with Crippen molar-refractivity contribution in [2.75, 3.05) is 5.32 Å². The predicted octanol–water partition coefficient (Wildman–Crippen LogP) is 1.39. The first-order valence-corrected chi connectivity index (χ1v) is 6.67. The summed E-state index contributed by atoms with van der Waals surface area (Å²) in [7, 11) is 0. The topological polar surface area (TPSA) is 85.8 Å². The van der Waals surface area contributed by atoms with E-state index in [2.05, 4.69) is 15.4 Å². The molecule has 1 amide bonds. The van der Waals surface area contributed by atoms with Gasteiger partial charge in [0.15, 0.2) is 0 Å². The number of nitrogens with zero attached hydrogens (tertiary/aromatic N) is 3. The van der Waals surface area contributed by atoms with Crippen LogP contribution in [0.1, 0.15) is 25.3 Å². The molecule has 0 saturated heterocycles. The molecule has 20 heavy (non-hydrogen) atoms. The van der Waals surface area contributed by atoms with Crippen molar-refractivity contribution in [3.63, 3.8) is 0 Å². The third-order valence-corrected chi connectivity index (χ3v) is 2.94. The Kier molecular flexibility index (Phi) is 4.84. The quantitative estimate of drug-likeness (QED) is 0.832. The molecule has 0 aliphatic heterocycles. The van der Waals surface area contributed by atoms with E-state index in [0.717, 1.165) is 17.7 Å². The average molecular weight is 273 g/mol. The lowest BCUT2D eigenvalue weighted by molar-refractivity contribution is -0.117. The molecule has 1 atom stereocenters. The number of nitrogens with one attached hydrogen (secondary N) is 1. The van der Waals surface area contributed by atoms with E-state index in [1.54, 1.807) is 11.0 Å². The highest BCUT2D eigenvalue weighted by molar-refractivity contribution is 5.94. The monoisotopic (exact) mass is 273 g/mol. The summed E-state index contributed by atoms with van der Waals surface area (Å²) in [6.45, 7) is 2.62. The van der Waals surface area contributed by atoms with Gasteiger partial charge < -0.3 is 11.1 Å². The molecule has 1 aromatic heterocycles. The van der Waals surface area contributed by atoms with Gasteiger partial charge in [-0.3, -0.25) is 4.79 Å². The van der Waals surface area contributed by atoms with E-state index in [1.807, 2.05) is 31.2 Å². The van der Waals surface area contributed by atoms with Crippen LogP contribution in [0.5, 0.6) is 0 Å². The molecule has 2 rings (SSSR count). The molecule has 6 nitrogen and oxygen atoms in total. The van der Waals surface area contributed by atoms with Crippen LogP contribution in [0.15, 0.2) is 36.9 Å². The van der Waals surface area contributed by atoms with Gasteiger partial charge in [-0.2, -0.15) is 5.10 Å². The Morgan fingerprint density at radius 2 is 2.35 bits per heavy atom. The maximum absolute atomic E-state index is 11.9. The fourth-order valence-electron chi connectivity index (χ4n) is 1.93. The molecular formula is C14H19N5O. The van der Waals surface area contributed by atoms with Crippen molar-refractivity contribution in [1.29, 1.82) is 0 Å². The van der Waals surface area contributed by atoms with Gasteiger partial charge in [-0.05, 0) is 24.1 Å². The van der Waals surface area contributed by atoms with Crippen molar-refractivity contribution in [2.24, 2.45) is 5.73 Å². The minimum absolute atomic E-state index is 0.148. The van der Waals surface area contributed by atoms with Crippen LogP contribution in [-0.2, 0) is 11.3 Å². The van der Waals surface area contributed by atoms with Crippen LogP contribution in [0.2, 0.25) is 0 Å². The molecule has 0 bridgehead atoms. The normalized spacial score (nSPS) is 12.1. The third-order valence-electron chi connectivity index (χ3n) is 2.94. The Morgan fingerprint density at radius 3 is 3.05 bits per heavy atom. The SMILES string of the molecule is CCC[C@@H](N)C(=O)Nc1cccc(Cn2cncn2)c1. The minimum atomic E-state index is -0.459. The van der Waals surface area contributed by atoms with Crippen LogP contribution in [0.4, 0.5) is 5.69 Å². The van der Waals surface area contributed by atoms with Crippen LogP contribution < -0.4 is 11.1 Å². The van der Waals surface area contributed by atoms with E-state index in [-0.39, 0.29) is 5.91 Å². The van der Waals surface area contributed by atoms with Crippen molar-refractivity contribution >= 4 is 11.6 Å². The van der Waals surface area contributed by atoms with Crippen molar-refractivity contribution in [3.05, 3.63) is 42.5 Å². The van der Waals surface area contributed by atoms with Gasteiger partial charge >= 0.3 is 0 Å². The van der Waals surface area contributed by atoms with Crippen molar-refractivity contribution in [2.45, 2.75) is 32.4 Å². The second-order valence-electron chi connectivity index (χ2n) is 4.68. The molecule has 3 N–H and O–H groups in total. The van der Waals surface area contributed by atoms with Crippen molar-refractivity contribution in [3.8, 4) is 0 Å². The van der Waals surface area contributed by atoms with Crippen LogP contribution in [0, 0.1) is 0 Å². The van der Waals surface area contributed by atoms with E-state index < -0.39 is 6.04 Å². The molecular weight excluding hydrogens is 254 g/mol. The number of benzene rings is 1. The smallest absolute Gasteiger partial charge is 0.241 e. The number of hydrogen-bond acceptors (Lipinski definition) is 4. The number of nitrogens with two attached hydrogens (primary N) is 1. The van der Waals surface area contributed by atoms with Crippen LogP contribution in [-0.4, -0.2) is 26.7 Å². The highest BCUT2D eigenvalue weighted by atomic mass is 16.2. The number of carbonyl (C=O) groups excluding carboxylic acids is 1. The van der Waals surface area contributed by atoms with Gasteiger partial charge in [0.1, 0.15) is 12.7 Å². The molecule has 0 radical (unpaired) electrons. The molecule has 1 aromatic carbocycles. The fourth-order valence-corrected chi connectivity index (χ4v) is 1.93. The Labute approximate surface area is 118 Å². The molecule has 0 fully saturated rings. The molecule has 2 aromatic rings. The summed E-state index contributed by atoms with van der Waals surface area (Å²) in [5.74, 6) is -0.148. The first kappa shape index (κ1) is 14.2. The first-order valence-electron chi connectivity index (χ1n) is 6.67. The molecule has 6 heteroatoms. The highest BCUT2D eigenvalue weighted by Gasteiger charge is 2.12. The molecule has 0 saturated carbocycles. The summed E-state index contributed by atoms with van der Waals surface area (Å²) in [6.07, 6.45) is 4.73. The summed E-state index contributed by atoms with van der Waals surface area (Å²) < 4.78 is 1.73. The second kappa shape index (κ2) is 6.81. The summed E-state index contributed by atoms with van der Waals surface area (Å²) in [6, 6.07) is 7.18. The molecule has 0 spiro atoms. The molecule has 1 heterocycles. The number of hydrogen-bond donors (Lipinski definition) is 2. The van der Waals surface area contributed by atoms with Gasteiger partial charge in [0.05, 0.1) is 12.6 Å². The highest BCUT2D eigenvalue weighted by Crippen LogP contribution is 2.12. The number of aromatic nitrogens is 3. The lowest BCUT2D eigenvalue weighted by Gasteiger charge is -2.12. The minimum Gasteiger partial charge on any atom is -0.325 e. The van der Waals surface area contributed by atoms with E-state index in [4.69, 9.17) is 5.73 Å². The predicted molar refractivity (Wildman–Crippen MR) is 77.1 cm³/mol. The Balaban J connectivity index is 2.00.